The van der Waals surface area contributed by atoms with Crippen molar-refractivity contribution in [2.75, 3.05) is 32.7 Å². The number of terminal acetylenes is 1. The molecule has 124 valence electrons. The van der Waals surface area contributed by atoms with Gasteiger partial charge in [-0.1, -0.05) is 0 Å². The van der Waals surface area contributed by atoms with Gasteiger partial charge >= 0.3 is 6.09 Å². The van der Waals surface area contributed by atoms with Gasteiger partial charge in [0.05, 0.1) is 0 Å². The Kier molecular flexibility index (Phi) is 5.39. The Hall–Kier alpha value is -1.21. The van der Waals surface area contributed by atoms with E-state index in [9.17, 15) is 4.79 Å². The Labute approximate surface area is 135 Å². The average molecular weight is 306 g/mol. The van der Waals surface area contributed by atoms with Gasteiger partial charge in [0.15, 0.2) is 0 Å². The fraction of sp³-hybridized carbons (Fsp3) is 0.833. The number of carbonyl (C=O) groups is 1. The van der Waals surface area contributed by atoms with E-state index in [0.717, 1.165) is 45.4 Å². The molecule has 0 aromatic heterocycles. The third-order valence-electron chi connectivity index (χ3n) is 4.79. The highest BCUT2D eigenvalue weighted by molar-refractivity contribution is 5.68. The number of ether oxygens (including phenoxy) is 1. The fourth-order valence-corrected chi connectivity index (χ4v) is 3.62. The topological polar surface area (TPSA) is 32.8 Å². The number of hydrogen-bond acceptors (Lipinski definition) is 3. The zero-order valence-corrected chi connectivity index (χ0v) is 14.4. The summed E-state index contributed by atoms with van der Waals surface area (Å²) in [5, 5.41) is 0. The molecule has 2 heterocycles. The molecule has 0 aromatic rings. The van der Waals surface area contributed by atoms with Crippen molar-refractivity contribution < 1.29 is 9.53 Å². The van der Waals surface area contributed by atoms with E-state index in [1.807, 2.05) is 25.7 Å². The van der Waals surface area contributed by atoms with Crippen molar-refractivity contribution in [3.8, 4) is 12.3 Å². The minimum absolute atomic E-state index is 0.164. The molecule has 0 aliphatic carbocycles. The first-order valence-electron chi connectivity index (χ1n) is 8.47. The largest absolute Gasteiger partial charge is 0.444 e. The fourth-order valence-electron chi connectivity index (χ4n) is 3.62. The summed E-state index contributed by atoms with van der Waals surface area (Å²) in [4.78, 5) is 16.5. The SMILES string of the molecule is C#CCCN1CCCC2(CCN(C(=O)OC(C)(C)C)CC2)C1. The molecular formula is C18H30N2O2. The molecule has 2 aliphatic heterocycles. The molecule has 2 saturated heterocycles. The van der Waals surface area contributed by atoms with Gasteiger partial charge in [0.2, 0.25) is 0 Å². The van der Waals surface area contributed by atoms with Crippen LogP contribution in [0.2, 0.25) is 0 Å². The smallest absolute Gasteiger partial charge is 0.410 e. The maximum Gasteiger partial charge on any atom is 0.410 e. The lowest BCUT2D eigenvalue weighted by Gasteiger charge is -2.47. The maximum atomic E-state index is 12.2. The summed E-state index contributed by atoms with van der Waals surface area (Å²) in [7, 11) is 0. The van der Waals surface area contributed by atoms with E-state index in [4.69, 9.17) is 11.2 Å². The summed E-state index contributed by atoms with van der Waals surface area (Å²) in [5.74, 6) is 2.74. The predicted molar refractivity (Wildman–Crippen MR) is 88.6 cm³/mol. The summed E-state index contributed by atoms with van der Waals surface area (Å²) < 4.78 is 5.48. The summed E-state index contributed by atoms with van der Waals surface area (Å²) >= 11 is 0. The molecule has 2 aliphatic rings. The highest BCUT2D eigenvalue weighted by Crippen LogP contribution is 2.40. The first-order chi connectivity index (χ1) is 10.3. The van der Waals surface area contributed by atoms with Crippen LogP contribution in [0.4, 0.5) is 4.79 Å². The summed E-state index contributed by atoms with van der Waals surface area (Å²) in [6.45, 7) is 10.7. The number of carbonyl (C=O) groups excluding carboxylic acids is 1. The van der Waals surface area contributed by atoms with Gasteiger partial charge in [-0.2, -0.15) is 0 Å². The molecule has 1 spiro atoms. The lowest BCUT2D eigenvalue weighted by atomic mass is 9.72. The van der Waals surface area contributed by atoms with E-state index in [0.29, 0.717) is 5.41 Å². The average Bonchev–Trinajstić information content (AvgIpc) is 2.44. The number of amides is 1. The van der Waals surface area contributed by atoms with E-state index in [2.05, 4.69) is 10.8 Å². The number of hydrogen-bond donors (Lipinski definition) is 0. The minimum atomic E-state index is -0.414. The predicted octanol–water partition coefficient (Wildman–Crippen LogP) is 3.12. The molecule has 2 rings (SSSR count). The van der Waals surface area contributed by atoms with Gasteiger partial charge < -0.3 is 14.5 Å². The van der Waals surface area contributed by atoms with Crippen molar-refractivity contribution in [1.82, 2.24) is 9.80 Å². The van der Waals surface area contributed by atoms with Crippen molar-refractivity contribution in [3.05, 3.63) is 0 Å². The van der Waals surface area contributed by atoms with Gasteiger partial charge in [0.25, 0.3) is 0 Å². The minimum Gasteiger partial charge on any atom is -0.444 e. The van der Waals surface area contributed by atoms with E-state index >= 15 is 0 Å². The lowest BCUT2D eigenvalue weighted by Crippen LogP contribution is -2.51. The number of likely N-dealkylation sites (tertiary alicyclic amines) is 2. The molecule has 22 heavy (non-hydrogen) atoms. The van der Waals surface area contributed by atoms with E-state index in [-0.39, 0.29) is 6.09 Å². The van der Waals surface area contributed by atoms with Gasteiger partial charge in [0.1, 0.15) is 5.60 Å². The monoisotopic (exact) mass is 306 g/mol. The molecule has 0 radical (unpaired) electrons. The van der Waals surface area contributed by atoms with Gasteiger partial charge in [-0.05, 0) is 58.4 Å². The van der Waals surface area contributed by atoms with Gasteiger partial charge in [-0.15, -0.1) is 12.3 Å². The van der Waals surface area contributed by atoms with Gasteiger partial charge in [0, 0.05) is 32.6 Å². The van der Waals surface area contributed by atoms with Crippen molar-refractivity contribution >= 4 is 6.09 Å². The van der Waals surface area contributed by atoms with Crippen LogP contribution < -0.4 is 0 Å². The molecule has 0 unspecified atom stereocenters. The second kappa shape index (κ2) is 6.91. The highest BCUT2D eigenvalue weighted by Gasteiger charge is 2.39. The zero-order chi connectivity index (χ0) is 16.2. The van der Waals surface area contributed by atoms with Gasteiger partial charge in [-0.25, -0.2) is 4.79 Å². The molecule has 0 bridgehead atoms. The zero-order valence-electron chi connectivity index (χ0n) is 14.4. The summed E-state index contributed by atoms with van der Waals surface area (Å²) in [6.07, 6.45) is 10.7. The van der Waals surface area contributed by atoms with Crippen LogP contribution >= 0.6 is 0 Å². The first-order valence-corrected chi connectivity index (χ1v) is 8.47. The molecule has 2 fully saturated rings. The number of piperidine rings is 2. The third kappa shape index (κ3) is 4.64. The van der Waals surface area contributed by atoms with Crippen LogP contribution in [0.15, 0.2) is 0 Å². The maximum absolute atomic E-state index is 12.2. The van der Waals surface area contributed by atoms with Crippen LogP contribution in [0.1, 0.15) is 52.9 Å². The number of nitrogens with zero attached hydrogens (tertiary/aromatic N) is 2. The van der Waals surface area contributed by atoms with Crippen LogP contribution in [0.25, 0.3) is 0 Å². The van der Waals surface area contributed by atoms with Crippen molar-refractivity contribution in [1.29, 1.82) is 0 Å². The third-order valence-corrected chi connectivity index (χ3v) is 4.79. The normalized spacial score (nSPS) is 22.4. The number of rotatable bonds is 2. The molecule has 0 atom stereocenters. The molecule has 0 N–H and O–H groups in total. The van der Waals surface area contributed by atoms with Crippen LogP contribution in [0.5, 0.6) is 0 Å². The first kappa shape index (κ1) is 17.1. The molecule has 4 nitrogen and oxygen atoms in total. The standard InChI is InChI=1S/C18H30N2O2/c1-5-6-11-19-12-7-8-18(15-19)9-13-20(14-10-18)16(21)22-17(2,3)4/h1H,6-15H2,2-4H3. The van der Waals surface area contributed by atoms with Crippen LogP contribution in [0, 0.1) is 17.8 Å². The lowest BCUT2D eigenvalue weighted by molar-refractivity contribution is -0.00589. The van der Waals surface area contributed by atoms with E-state index in [1.165, 1.54) is 19.4 Å². The Morgan fingerprint density at radius 2 is 1.91 bits per heavy atom. The molecular weight excluding hydrogens is 276 g/mol. The summed E-state index contributed by atoms with van der Waals surface area (Å²) in [6, 6.07) is 0. The molecule has 0 saturated carbocycles. The Morgan fingerprint density at radius 3 is 2.50 bits per heavy atom. The Balaban J connectivity index is 1.85. The van der Waals surface area contributed by atoms with Crippen molar-refractivity contribution in [3.63, 3.8) is 0 Å². The van der Waals surface area contributed by atoms with Crippen LogP contribution in [0.3, 0.4) is 0 Å². The summed E-state index contributed by atoms with van der Waals surface area (Å²) in [5.41, 5.74) is -0.0333. The van der Waals surface area contributed by atoms with E-state index < -0.39 is 5.60 Å². The second-order valence-electron chi connectivity index (χ2n) is 7.80. The Bertz CT molecular complexity index is 425. The van der Waals surface area contributed by atoms with E-state index in [1.54, 1.807) is 0 Å². The van der Waals surface area contributed by atoms with Gasteiger partial charge in [-0.3, -0.25) is 0 Å². The van der Waals surface area contributed by atoms with Crippen molar-refractivity contribution in [2.24, 2.45) is 5.41 Å². The second-order valence-corrected chi connectivity index (χ2v) is 7.80. The molecule has 4 heteroatoms. The highest BCUT2D eigenvalue weighted by atomic mass is 16.6. The Morgan fingerprint density at radius 1 is 1.23 bits per heavy atom. The molecule has 1 amide bonds. The van der Waals surface area contributed by atoms with Crippen LogP contribution in [-0.4, -0.2) is 54.2 Å². The quantitative estimate of drug-likeness (QED) is 0.735. The van der Waals surface area contributed by atoms with Crippen LogP contribution in [-0.2, 0) is 4.74 Å². The van der Waals surface area contributed by atoms with Crippen molar-refractivity contribution in [2.45, 2.75) is 58.5 Å². The molecule has 0 aromatic carbocycles.